The number of pyridine rings is 1. The monoisotopic (exact) mass is 261 g/mol. The summed E-state index contributed by atoms with van der Waals surface area (Å²) < 4.78 is 1.86. The third-order valence-corrected chi connectivity index (χ3v) is 4.34. The number of thioether (sulfide) groups is 1. The number of rotatable bonds is 2. The van der Waals surface area contributed by atoms with Gasteiger partial charge < -0.3 is 4.90 Å². The van der Waals surface area contributed by atoms with Crippen molar-refractivity contribution < 1.29 is 4.79 Å². The maximum absolute atomic E-state index is 11.3. The molecule has 0 aromatic carbocycles. The number of aromatic nitrogens is 2. The lowest BCUT2D eigenvalue weighted by molar-refractivity contribution is 0.111. The average molecular weight is 261 g/mol. The molecule has 1 unspecified atom stereocenters. The second-order valence-electron chi connectivity index (χ2n) is 4.49. The van der Waals surface area contributed by atoms with Gasteiger partial charge >= 0.3 is 0 Å². The number of fused-ring (bicyclic) bond motifs is 1. The third kappa shape index (κ3) is 1.88. The average Bonchev–Trinajstić information content (AvgIpc) is 2.77. The molecule has 0 radical (unpaired) electrons. The van der Waals surface area contributed by atoms with Gasteiger partial charge in [-0.1, -0.05) is 13.0 Å². The molecule has 0 amide bonds. The number of hydrogen-bond donors (Lipinski definition) is 0. The van der Waals surface area contributed by atoms with Gasteiger partial charge in [-0.05, 0) is 12.1 Å². The molecule has 2 aromatic rings. The molecule has 1 aliphatic heterocycles. The molecule has 0 saturated carbocycles. The quantitative estimate of drug-likeness (QED) is 0.776. The van der Waals surface area contributed by atoms with Crippen LogP contribution in [0.1, 0.15) is 17.4 Å². The lowest BCUT2D eigenvalue weighted by atomic mass is 10.3. The van der Waals surface area contributed by atoms with Crippen LogP contribution in [-0.4, -0.2) is 39.8 Å². The first-order chi connectivity index (χ1) is 8.79. The Morgan fingerprint density at radius 1 is 1.50 bits per heavy atom. The molecule has 1 saturated heterocycles. The van der Waals surface area contributed by atoms with Crippen LogP contribution in [0.5, 0.6) is 0 Å². The van der Waals surface area contributed by atoms with Gasteiger partial charge in [-0.2, -0.15) is 11.8 Å². The molecule has 3 rings (SSSR count). The molecule has 1 aliphatic rings. The number of carbonyl (C=O) groups excluding carboxylic acids is 1. The Hall–Kier alpha value is -1.49. The van der Waals surface area contributed by atoms with E-state index >= 15 is 0 Å². The van der Waals surface area contributed by atoms with Crippen LogP contribution in [0.2, 0.25) is 0 Å². The van der Waals surface area contributed by atoms with E-state index in [0.29, 0.717) is 10.9 Å². The van der Waals surface area contributed by atoms with Crippen LogP contribution in [0, 0.1) is 0 Å². The van der Waals surface area contributed by atoms with Crippen LogP contribution >= 0.6 is 11.8 Å². The van der Waals surface area contributed by atoms with E-state index in [9.17, 15) is 4.79 Å². The predicted molar refractivity (Wildman–Crippen MR) is 74.7 cm³/mol. The van der Waals surface area contributed by atoms with Crippen LogP contribution in [0.15, 0.2) is 24.4 Å². The van der Waals surface area contributed by atoms with Crippen molar-refractivity contribution in [2.45, 2.75) is 12.2 Å². The van der Waals surface area contributed by atoms with E-state index in [0.717, 1.165) is 36.6 Å². The second kappa shape index (κ2) is 4.65. The van der Waals surface area contributed by atoms with Gasteiger partial charge in [0.15, 0.2) is 12.1 Å². The number of carbonyl (C=O) groups is 1. The van der Waals surface area contributed by atoms with E-state index < -0.39 is 0 Å². The Bertz CT molecular complexity index is 581. The first-order valence-corrected chi connectivity index (χ1v) is 7.13. The Morgan fingerprint density at radius 3 is 3.17 bits per heavy atom. The zero-order chi connectivity index (χ0) is 12.5. The lowest BCUT2D eigenvalue weighted by Crippen LogP contribution is -2.37. The van der Waals surface area contributed by atoms with E-state index in [4.69, 9.17) is 0 Å². The summed E-state index contributed by atoms with van der Waals surface area (Å²) in [5, 5.41) is 0.586. The predicted octanol–water partition coefficient (Wildman–Crippen LogP) is 2.09. The van der Waals surface area contributed by atoms with E-state index in [1.54, 1.807) is 0 Å². The van der Waals surface area contributed by atoms with Crippen LogP contribution in [0.3, 0.4) is 0 Å². The van der Waals surface area contributed by atoms with E-state index in [1.165, 1.54) is 0 Å². The summed E-state index contributed by atoms with van der Waals surface area (Å²) in [5.74, 6) is 1.91. The van der Waals surface area contributed by atoms with Crippen LogP contribution in [0.4, 0.5) is 5.82 Å². The molecule has 94 valence electrons. The van der Waals surface area contributed by atoms with Gasteiger partial charge in [0, 0.05) is 30.3 Å². The molecule has 3 heterocycles. The number of imidazole rings is 1. The van der Waals surface area contributed by atoms with Gasteiger partial charge in [-0.25, -0.2) is 4.98 Å². The van der Waals surface area contributed by atoms with Crippen molar-refractivity contribution in [3.63, 3.8) is 0 Å². The largest absolute Gasteiger partial charge is 0.353 e. The standard InChI is InChI=1S/C13H15N3OS/c1-10-8-15(6-7-18-10)13-11(9-17)16-5-3-2-4-12(16)14-13/h2-5,9-10H,6-8H2,1H3. The molecule has 2 aromatic heterocycles. The Labute approximate surface area is 110 Å². The summed E-state index contributed by atoms with van der Waals surface area (Å²) in [6, 6.07) is 5.79. The Balaban J connectivity index is 2.07. The van der Waals surface area contributed by atoms with E-state index in [2.05, 4.69) is 16.8 Å². The molecule has 1 fully saturated rings. The molecule has 5 heteroatoms. The lowest BCUT2D eigenvalue weighted by Gasteiger charge is -2.30. The molecule has 0 spiro atoms. The molecule has 0 bridgehead atoms. The van der Waals surface area contributed by atoms with Crippen LogP contribution in [0.25, 0.3) is 5.65 Å². The Morgan fingerprint density at radius 2 is 2.39 bits per heavy atom. The molecule has 1 atom stereocenters. The highest BCUT2D eigenvalue weighted by atomic mass is 32.2. The molecule has 0 N–H and O–H groups in total. The van der Waals surface area contributed by atoms with Crippen LogP contribution in [-0.2, 0) is 0 Å². The number of hydrogen-bond acceptors (Lipinski definition) is 4. The maximum Gasteiger partial charge on any atom is 0.170 e. The minimum absolute atomic E-state index is 0.586. The number of nitrogens with zero attached hydrogens (tertiary/aromatic N) is 3. The van der Waals surface area contributed by atoms with Gasteiger partial charge in [0.1, 0.15) is 11.3 Å². The smallest absolute Gasteiger partial charge is 0.170 e. The van der Waals surface area contributed by atoms with Crippen molar-refractivity contribution in [3.05, 3.63) is 30.1 Å². The van der Waals surface area contributed by atoms with Crippen LogP contribution < -0.4 is 4.90 Å². The van der Waals surface area contributed by atoms with Gasteiger partial charge in [-0.15, -0.1) is 0 Å². The van der Waals surface area contributed by atoms with Gasteiger partial charge in [0.2, 0.25) is 0 Å². The zero-order valence-electron chi connectivity index (χ0n) is 10.2. The van der Waals surface area contributed by atoms with Gasteiger partial charge in [0.25, 0.3) is 0 Å². The van der Waals surface area contributed by atoms with Crippen molar-refractivity contribution >= 4 is 29.5 Å². The summed E-state index contributed by atoms with van der Waals surface area (Å²) in [5.41, 5.74) is 1.49. The minimum Gasteiger partial charge on any atom is -0.353 e. The first kappa shape index (κ1) is 11.6. The summed E-state index contributed by atoms with van der Waals surface area (Å²) in [6.45, 7) is 4.13. The highest BCUT2D eigenvalue weighted by molar-refractivity contribution is 8.00. The summed E-state index contributed by atoms with van der Waals surface area (Å²) >= 11 is 1.97. The van der Waals surface area contributed by atoms with E-state index in [-0.39, 0.29) is 0 Å². The normalized spacial score (nSPS) is 20.3. The molecular weight excluding hydrogens is 246 g/mol. The summed E-state index contributed by atoms with van der Waals surface area (Å²) in [6.07, 6.45) is 2.79. The molecule has 0 aliphatic carbocycles. The topological polar surface area (TPSA) is 37.6 Å². The van der Waals surface area contributed by atoms with Gasteiger partial charge in [-0.3, -0.25) is 9.20 Å². The van der Waals surface area contributed by atoms with Crippen molar-refractivity contribution in [1.82, 2.24) is 9.38 Å². The van der Waals surface area contributed by atoms with E-state index in [1.807, 2.05) is 40.6 Å². The second-order valence-corrected chi connectivity index (χ2v) is 6.04. The fourth-order valence-electron chi connectivity index (χ4n) is 2.36. The SMILES string of the molecule is CC1CN(c2nc3ccccn3c2C=O)CCS1. The molecule has 4 nitrogen and oxygen atoms in total. The Kier molecular flexibility index (Phi) is 2.99. The van der Waals surface area contributed by atoms with Crippen molar-refractivity contribution in [3.8, 4) is 0 Å². The minimum atomic E-state index is 0.586. The number of aldehydes is 1. The zero-order valence-corrected chi connectivity index (χ0v) is 11.1. The molecular formula is C13H15N3OS. The van der Waals surface area contributed by atoms with Crippen molar-refractivity contribution in [1.29, 1.82) is 0 Å². The fourth-order valence-corrected chi connectivity index (χ4v) is 3.37. The van der Waals surface area contributed by atoms with Gasteiger partial charge in [0.05, 0.1) is 0 Å². The first-order valence-electron chi connectivity index (χ1n) is 6.08. The highest BCUT2D eigenvalue weighted by Crippen LogP contribution is 2.26. The third-order valence-electron chi connectivity index (χ3n) is 3.20. The fraction of sp³-hybridized carbons (Fsp3) is 0.385. The maximum atomic E-state index is 11.3. The number of anilines is 1. The molecule has 18 heavy (non-hydrogen) atoms. The highest BCUT2D eigenvalue weighted by Gasteiger charge is 2.22. The summed E-state index contributed by atoms with van der Waals surface area (Å²) in [7, 11) is 0. The van der Waals surface area contributed by atoms with Crippen molar-refractivity contribution in [2.24, 2.45) is 0 Å². The summed E-state index contributed by atoms with van der Waals surface area (Å²) in [4.78, 5) is 18.1. The van der Waals surface area contributed by atoms with Crippen molar-refractivity contribution in [2.75, 3.05) is 23.7 Å².